The van der Waals surface area contributed by atoms with Crippen molar-refractivity contribution in [3.8, 4) is 0 Å². The van der Waals surface area contributed by atoms with Crippen LogP contribution in [0.2, 0.25) is 0 Å². The van der Waals surface area contributed by atoms with Crippen LogP contribution in [0.4, 0.5) is 0 Å². The molecule has 0 aliphatic rings. The summed E-state index contributed by atoms with van der Waals surface area (Å²) in [4.78, 5) is 0. The molecule has 0 aromatic heterocycles. The van der Waals surface area contributed by atoms with Crippen LogP contribution < -0.4 is 3.58 Å². The van der Waals surface area contributed by atoms with Crippen molar-refractivity contribution in [2.24, 2.45) is 0 Å². The van der Waals surface area contributed by atoms with Crippen LogP contribution in [0, 0.1) is 0 Å². The fourth-order valence-electron chi connectivity index (χ4n) is 2.72. The van der Waals surface area contributed by atoms with Crippen LogP contribution in [0.15, 0.2) is 12.1 Å². The first-order chi connectivity index (χ1) is 9.24. The van der Waals surface area contributed by atoms with E-state index >= 15 is 0 Å². The van der Waals surface area contributed by atoms with Crippen molar-refractivity contribution < 1.29 is 0 Å². The molecule has 1 aromatic rings. The molecule has 108 valence electrons. The van der Waals surface area contributed by atoms with Gasteiger partial charge in [0.15, 0.2) is 0 Å². The topological polar surface area (TPSA) is 0 Å². The number of aryl methyl sites for hydroxylation is 1. The van der Waals surface area contributed by atoms with Crippen LogP contribution in [0.5, 0.6) is 0 Å². The van der Waals surface area contributed by atoms with E-state index in [1.54, 1.807) is 20.3 Å². The number of unbranched alkanes of at least 4 members (excludes halogenated alkanes) is 3. The van der Waals surface area contributed by atoms with Gasteiger partial charge in [-0.25, -0.2) is 0 Å². The summed E-state index contributed by atoms with van der Waals surface area (Å²) in [6.07, 6.45) is 11.9. The van der Waals surface area contributed by atoms with Gasteiger partial charge >= 0.3 is 133 Å². The summed E-state index contributed by atoms with van der Waals surface area (Å²) in [5, 5.41) is 0. The summed E-state index contributed by atoms with van der Waals surface area (Å²) in [6.45, 7) is 6.91. The van der Waals surface area contributed by atoms with E-state index < -0.39 is 0 Å². The molecule has 0 heterocycles. The Labute approximate surface area is 151 Å². The molecule has 20 heavy (non-hydrogen) atoms. The SMILES string of the molecule is CCCCc1cc[c]([SnH2])c(CCCC)c1CCCC.[Li]. The van der Waals surface area contributed by atoms with Gasteiger partial charge in [0.2, 0.25) is 0 Å². The van der Waals surface area contributed by atoms with E-state index in [4.69, 9.17) is 0 Å². The molecule has 0 aliphatic carbocycles. The Kier molecular flexibility index (Phi) is 12.6. The fourth-order valence-corrected chi connectivity index (χ4v) is 4.17. The average Bonchev–Trinajstić information content (AvgIpc) is 2.42. The molecule has 2 radical (unpaired) electrons. The zero-order valence-corrected chi connectivity index (χ0v) is 18.3. The second-order valence-corrected chi connectivity index (χ2v) is 7.83. The molecule has 0 aliphatic heterocycles. The van der Waals surface area contributed by atoms with E-state index in [-0.39, 0.29) is 18.9 Å². The van der Waals surface area contributed by atoms with E-state index in [0.717, 1.165) is 22.5 Å². The maximum atomic E-state index is 2.44. The molecule has 0 nitrogen and oxygen atoms in total. The quantitative estimate of drug-likeness (QED) is 0.581. The van der Waals surface area contributed by atoms with Gasteiger partial charge in [-0.05, 0) is 0 Å². The summed E-state index contributed by atoms with van der Waals surface area (Å²) in [5.74, 6) is 0. The summed E-state index contributed by atoms with van der Waals surface area (Å²) >= 11 is 0.958. The Hall–Kier alpha value is 0.616. The van der Waals surface area contributed by atoms with E-state index in [9.17, 15) is 0 Å². The molecule has 0 unspecified atom stereocenters. The largest absolute Gasteiger partial charge is 0 e. The minimum atomic E-state index is 0. The fraction of sp³-hybridized carbons (Fsp3) is 0.667. The first-order valence-electron chi connectivity index (χ1n) is 8.20. The molecule has 0 amide bonds. The molecular formula is C18H31LiSn. The minimum Gasteiger partial charge on any atom is 0 e. The van der Waals surface area contributed by atoms with Crippen molar-refractivity contribution in [3.63, 3.8) is 0 Å². The van der Waals surface area contributed by atoms with Crippen molar-refractivity contribution in [2.45, 2.75) is 78.6 Å². The van der Waals surface area contributed by atoms with E-state index in [2.05, 4.69) is 32.9 Å². The Bertz CT molecular complexity index is 374. The van der Waals surface area contributed by atoms with Crippen LogP contribution in [0.3, 0.4) is 0 Å². The van der Waals surface area contributed by atoms with Gasteiger partial charge in [-0.3, -0.25) is 0 Å². The summed E-state index contributed by atoms with van der Waals surface area (Å²) in [5.41, 5.74) is 5.14. The van der Waals surface area contributed by atoms with Gasteiger partial charge in [-0.2, -0.15) is 0 Å². The molecule has 1 rings (SSSR count). The Morgan fingerprint density at radius 2 is 1.25 bits per heavy atom. The predicted octanol–water partition coefficient (Wildman–Crippen LogP) is 3.59. The minimum absolute atomic E-state index is 0. The standard InChI is InChI=1S/C18H29.Li.Sn.2H/c1-4-7-11-16-13-10-14-17(12-8-5-2)18(16)15-9-6-3;;;;/h10,13H,4-9,11-12,15H2,1-3H3;;;;. The first-order valence-corrected chi connectivity index (χ1v) is 10.2. The molecule has 0 bridgehead atoms. The van der Waals surface area contributed by atoms with Gasteiger partial charge in [0.05, 0.1) is 0 Å². The van der Waals surface area contributed by atoms with Crippen molar-refractivity contribution >= 4 is 45.0 Å². The molecule has 0 spiro atoms. The van der Waals surface area contributed by atoms with Crippen molar-refractivity contribution in [1.29, 1.82) is 0 Å². The smallest absolute Gasteiger partial charge is 0 e. The summed E-state index contributed by atoms with van der Waals surface area (Å²) in [6, 6.07) is 4.86. The van der Waals surface area contributed by atoms with Crippen molar-refractivity contribution in [3.05, 3.63) is 28.8 Å². The monoisotopic (exact) mass is 374 g/mol. The second kappa shape index (κ2) is 12.2. The zero-order chi connectivity index (χ0) is 14.1. The summed E-state index contributed by atoms with van der Waals surface area (Å²) in [7, 11) is 0. The molecule has 0 saturated heterocycles. The molecule has 0 N–H and O–H groups in total. The van der Waals surface area contributed by atoms with Crippen LogP contribution >= 0.6 is 0 Å². The van der Waals surface area contributed by atoms with Crippen LogP contribution in [0.25, 0.3) is 0 Å². The molecule has 2 heteroatoms. The van der Waals surface area contributed by atoms with Crippen LogP contribution in [-0.2, 0) is 19.3 Å². The third kappa shape index (κ3) is 6.59. The van der Waals surface area contributed by atoms with E-state index in [0.29, 0.717) is 0 Å². The predicted molar refractivity (Wildman–Crippen MR) is 96.2 cm³/mol. The molecule has 0 fully saturated rings. The van der Waals surface area contributed by atoms with Gasteiger partial charge in [-0.1, -0.05) is 0 Å². The maximum Gasteiger partial charge on any atom is 0 e. The Morgan fingerprint density at radius 3 is 1.80 bits per heavy atom. The molecular weight excluding hydrogens is 342 g/mol. The van der Waals surface area contributed by atoms with Crippen LogP contribution in [0.1, 0.15) is 76.0 Å². The maximum absolute atomic E-state index is 2.44. The van der Waals surface area contributed by atoms with Crippen LogP contribution in [-0.4, -0.2) is 41.4 Å². The average molecular weight is 373 g/mol. The number of hydrogen-bond donors (Lipinski definition) is 0. The van der Waals surface area contributed by atoms with Gasteiger partial charge in [-0.15, -0.1) is 0 Å². The van der Waals surface area contributed by atoms with E-state index in [1.807, 2.05) is 0 Å². The van der Waals surface area contributed by atoms with Gasteiger partial charge in [0, 0.05) is 18.9 Å². The van der Waals surface area contributed by atoms with E-state index in [1.165, 1.54) is 57.8 Å². The van der Waals surface area contributed by atoms with Gasteiger partial charge in [0.25, 0.3) is 0 Å². The number of rotatable bonds is 9. The molecule has 1 aromatic carbocycles. The normalized spacial score (nSPS) is 10.4. The van der Waals surface area contributed by atoms with Crippen molar-refractivity contribution in [1.82, 2.24) is 0 Å². The number of benzene rings is 1. The van der Waals surface area contributed by atoms with Gasteiger partial charge < -0.3 is 0 Å². The second-order valence-electron chi connectivity index (χ2n) is 5.65. The van der Waals surface area contributed by atoms with Crippen molar-refractivity contribution in [2.75, 3.05) is 0 Å². The number of hydrogen-bond acceptors (Lipinski definition) is 0. The third-order valence-electron chi connectivity index (χ3n) is 3.99. The third-order valence-corrected chi connectivity index (χ3v) is 5.88. The summed E-state index contributed by atoms with van der Waals surface area (Å²) < 4.78 is 1.68. The first kappa shape index (κ1) is 20.6. The zero-order valence-electron chi connectivity index (χ0n) is 14.2. The van der Waals surface area contributed by atoms with Gasteiger partial charge in [0.1, 0.15) is 0 Å². The molecule has 0 saturated carbocycles. The molecule has 0 atom stereocenters. The Balaban J connectivity index is 0.00000361. The Morgan fingerprint density at radius 1 is 0.750 bits per heavy atom.